The Balaban J connectivity index is 1.42. The quantitative estimate of drug-likeness (QED) is 0.260. The number of ketones is 1. The molecule has 5 nitrogen and oxygen atoms in total. The van der Waals surface area contributed by atoms with Crippen LogP contribution >= 0.6 is 0 Å². The molecule has 0 saturated carbocycles. The van der Waals surface area contributed by atoms with Gasteiger partial charge in [0.05, 0.1) is 12.2 Å². The summed E-state index contributed by atoms with van der Waals surface area (Å²) in [5.41, 5.74) is 5.20. The molecule has 0 radical (unpaired) electrons. The summed E-state index contributed by atoms with van der Waals surface area (Å²) in [4.78, 5) is 26.1. The monoisotopic (exact) mass is 496 g/mol. The van der Waals surface area contributed by atoms with E-state index < -0.39 is 5.97 Å². The molecule has 1 N–H and O–H groups in total. The summed E-state index contributed by atoms with van der Waals surface area (Å²) in [7, 11) is 0. The lowest BCUT2D eigenvalue weighted by atomic mass is 10.1. The van der Waals surface area contributed by atoms with Crippen LogP contribution in [0.3, 0.4) is 0 Å². The third-order valence-corrected chi connectivity index (χ3v) is 6.02. The van der Waals surface area contributed by atoms with Gasteiger partial charge >= 0.3 is 5.97 Å². The maximum absolute atomic E-state index is 13.2. The van der Waals surface area contributed by atoms with Crippen molar-refractivity contribution in [2.24, 2.45) is 0 Å². The first-order valence-electron chi connectivity index (χ1n) is 12.1. The number of allylic oxidation sites excluding steroid dienone is 1. The molecule has 0 unspecified atom stereocenters. The van der Waals surface area contributed by atoms with Gasteiger partial charge in [-0.25, -0.2) is 4.39 Å². The van der Waals surface area contributed by atoms with Crippen LogP contribution in [0.2, 0.25) is 0 Å². The number of hydrogen-bond acceptors (Lipinski definition) is 3. The van der Waals surface area contributed by atoms with Crippen molar-refractivity contribution in [3.8, 4) is 0 Å². The fourth-order valence-electron chi connectivity index (χ4n) is 4.19. The third kappa shape index (κ3) is 7.35. The zero-order chi connectivity index (χ0) is 26.2. The van der Waals surface area contributed by atoms with Gasteiger partial charge in [-0.3, -0.25) is 14.5 Å². The summed E-state index contributed by atoms with van der Waals surface area (Å²) in [6.07, 6.45) is 5.88. The van der Waals surface area contributed by atoms with E-state index in [-0.39, 0.29) is 18.1 Å². The van der Waals surface area contributed by atoms with Gasteiger partial charge in [0.15, 0.2) is 0 Å². The number of benzene rings is 3. The lowest BCUT2D eigenvalue weighted by molar-refractivity contribution is -0.138. The van der Waals surface area contributed by atoms with E-state index in [0.717, 1.165) is 22.3 Å². The molecule has 6 heteroatoms. The van der Waals surface area contributed by atoms with Crippen molar-refractivity contribution >= 4 is 17.8 Å². The molecule has 37 heavy (non-hydrogen) atoms. The molecular weight excluding hydrogens is 467 g/mol. The van der Waals surface area contributed by atoms with Gasteiger partial charge < -0.3 is 9.67 Å². The van der Waals surface area contributed by atoms with E-state index in [1.165, 1.54) is 12.1 Å². The minimum absolute atomic E-state index is 0.0138. The maximum Gasteiger partial charge on any atom is 0.317 e. The Hall–Kier alpha value is -4.29. The number of carbonyl (C=O) groups excluding carboxylic acids is 1. The Kier molecular flexibility index (Phi) is 8.44. The van der Waals surface area contributed by atoms with E-state index in [4.69, 9.17) is 0 Å². The SMILES string of the molecule is Cc1ccc(C(=O)c2cccn2C/C=C/c2cccc(CN(CC(=O)O)Cc3ccc(F)cc3)c2)cc1. The summed E-state index contributed by atoms with van der Waals surface area (Å²) in [6, 6.07) is 25.3. The predicted molar refractivity (Wildman–Crippen MR) is 143 cm³/mol. The average molecular weight is 497 g/mol. The van der Waals surface area contributed by atoms with E-state index >= 15 is 0 Å². The molecule has 0 aliphatic carbocycles. The summed E-state index contributed by atoms with van der Waals surface area (Å²) in [5, 5.41) is 9.35. The Morgan fingerprint density at radius 1 is 0.919 bits per heavy atom. The average Bonchev–Trinajstić information content (AvgIpc) is 3.34. The van der Waals surface area contributed by atoms with Gasteiger partial charge in [-0.15, -0.1) is 0 Å². The summed E-state index contributed by atoms with van der Waals surface area (Å²) < 4.78 is 15.2. The highest BCUT2D eigenvalue weighted by Gasteiger charge is 2.13. The van der Waals surface area contributed by atoms with Crippen LogP contribution in [0, 0.1) is 12.7 Å². The van der Waals surface area contributed by atoms with Gasteiger partial charge in [-0.2, -0.15) is 0 Å². The summed E-state index contributed by atoms with van der Waals surface area (Å²) >= 11 is 0. The van der Waals surface area contributed by atoms with Crippen LogP contribution in [-0.2, 0) is 24.4 Å². The van der Waals surface area contributed by atoms with Crippen molar-refractivity contribution in [3.63, 3.8) is 0 Å². The standard InChI is InChI=1S/C31H29FN2O3/c1-23-9-13-27(14-10-23)31(37)29-8-4-18-34(29)17-3-7-24-5-2-6-26(19-24)21-33(22-30(35)36)20-25-11-15-28(32)16-12-25/h2-16,18-19H,17,20-22H2,1H3,(H,35,36)/b7-3+. The number of hydrogen-bond donors (Lipinski definition) is 1. The fraction of sp³-hybridized carbons (Fsp3) is 0.161. The molecule has 0 amide bonds. The number of halogens is 1. The summed E-state index contributed by atoms with van der Waals surface area (Å²) in [6.45, 7) is 3.25. The van der Waals surface area contributed by atoms with Crippen molar-refractivity contribution in [2.75, 3.05) is 6.54 Å². The van der Waals surface area contributed by atoms with Gasteiger partial charge in [-0.05, 0) is 47.9 Å². The highest BCUT2D eigenvalue weighted by Crippen LogP contribution is 2.15. The van der Waals surface area contributed by atoms with Gasteiger partial charge in [0.25, 0.3) is 0 Å². The molecule has 0 aliphatic heterocycles. The molecule has 1 aromatic heterocycles. The number of aliphatic carboxylic acids is 1. The van der Waals surface area contributed by atoms with Crippen LogP contribution in [0.15, 0.2) is 97.2 Å². The minimum atomic E-state index is -0.916. The first kappa shape index (κ1) is 25.8. The number of carboxylic acid groups (broad SMARTS) is 1. The maximum atomic E-state index is 13.2. The molecule has 0 bridgehead atoms. The van der Waals surface area contributed by atoms with E-state index in [2.05, 4.69) is 0 Å². The molecule has 0 aliphatic rings. The van der Waals surface area contributed by atoms with Crippen LogP contribution in [-0.4, -0.2) is 32.9 Å². The van der Waals surface area contributed by atoms with E-state index in [1.54, 1.807) is 17.0 Å². The van der Waals surface area contributed by atoms with E-state index in [9.17, 15) is 19.1 Å². The largest absolute Gasteiger partial charge is 0.480 e. The molecule has 0 saturated heterocycles. The Morgan fingerprint density at radius 3 is 2.38 bits per heavy atom. The number of aromatic nitrogens is 1. The van der Waals surface area contributed by atoms with Crippen molar-refractivity contribution in [1.29, 1.82) is 0 Å². The Bertz CT molecular complexity index is 1390. The summed E-state index contributed by atoms with van der Waals surface area (Å²) in [5.74, 6) is -1.25. The van der Waals surface area contributed by atoms with Crippen LogP contribution in [0.5, 0.6) is 0 Å². The first-order valence-corrected chi connectivity index (χ1v) is 12.1. The van der Waals surface area contributed by atoms with Crippen molar-refractivity contribution < 1.29 is 19.1 Å². The Morgan fingerprint density at radius 2 is 1.65 bits per heavy atom. The van der Waals surface area contributed by atoms with E-state index in [0.29, 0.717) is 30.9 Å². The molecule has 4 aromatic rings. The molecule has 0 atom stereocenters. The molecule has 0 spiro atoms. The number of rotatable bonds is 11. The number of carboxylic acids is 1. The van der Waals surface area contributed by atoms with Crippen LogP contribution in [0.1, 0.15) is 38.3 Å². The number of aryl methyl sites for hydroxylation is 1. The smallest absolute Gasteiger partial charge is 0.317 e. The van der Waals surface area contributed by atoms with Crippen LogP contribution in [0.25, 0.3) is 6.08 Å². The second-order valence-electron chi connectivity index (χ2n) is 9.05. The molecule has 4 rings (SSSR count). The van der Waals surface area contributed by atoms with Crippen LogP contribution < -0.4 is 0 Å². The lowest BCUT2D eigenvalue weighted by Gasteiger charge is -2.20. The normalized spacial score (nSPS) is 11.3. The van der Waals surface area contributed by atoms with Gasteiger partial charge in [-0.1, -0.05) is 78.4 Å². The second-order valence-corrected chi connectivity index (χ2v) is 9.05. The third-order valence-electron chi connectivity index (χ3n) is 6.02. The van der Waals surface area contributed by atoms with Gasteiger partial charge in [0, 0.05) is 31.4 Å². The molecule has 0 fully saturated rings. The molecule has 3 aromatic carbocycles. The lowest BCUT2D eigenvalue weighted by Crippen LogP contribution is -2.29. The predicted octanol–water partition coefficient (Wildman–Crippen LogP) is 5.97. The topological polar surface area (TPSA) is 62.5 Å². The highest BCUT2D eigenvalue weighted by molar-refractivity contribution is 6.08. The van der Waals surface area contributed by atoms with Crippen molar-refractivity contribution in [2.45, 2.75) is 26.6 Å². The zero-order valence-electron chi connectivity index (χ0n) is 20.7. The first-order chi connectivity index (χ1) is 17.9. The van der Waals surface area contributed by atoms with Crippen LogP contribution in [0.4, 0.5) is 4.39 Å². The number of nitrogens with zero attached hydrogens (tertiary/aromatic N) is 2. The van der Waals surface area contributed by atoms with E-state index in [1.807, 2.05) is 90.5 Å². The Labute approximate surface area is 216 Å². The zero-order valence-corrected chi connectivity index (χ0v) is 20.7. The highest BCUT2D eigenvalue weighted by atomic mass is 19.1. The number of carbonyl (C=O) groups is 2. The molecular formula is C31H29FN2O3. The van der Waals surface area contributed by atoms with Crippen molar-refractivity contribution in [1.82, 2.24) is 9.47 Å². The fourth-order valence-corrected chi connectivity index (χ4v) is 4.19. The van der Waals surface area contributed by atoms with Gasteiger partial charge in [0.2, 0.25) is 5.78 Å². The second kappa shape index (κ2) is 12.1. The van der Waals surface area contributed by atoms with Gasteiger partial charge in [0.1, 0.15) is 5.82 Å². The minimum Gasteiger partial charge on any atom is -0.480 e. The molecule has 1 heterocycles. The molecule has 188 valence electrons. The van der Waals surface area contributed by atoms with Crippen molar-refractivity contribution in [3.05, 3.63) is 137 Å².